The fraction of sp³-hybridized carbons (Fsp3) is 0.381. The highest BCUT2D eigenvalue weighted by molar-refractivity contribution is 7.99. The van der Waals surface area contributed by atoms with E-state index < -0.39 is 0 Å². The number of ketones is 1. The molecule has 3 rings (SSSR count). The maximum Gasteiger partial charge on any atom is 0.192 e. The zero-order chi connectivity index (χ0) is 20.4. The lowest BCUT2D eigenvalue weighted by Crippen LogP contribution is -2.08. The number of methoxy groups -OCH3 is 1. The van der Waals surface area contributed by atoms with Crippen LogP contribution in [0.3, 0.4) is 0 Å². The minimum Gasteiger partial charge on any atom is -0.497 e. The first-order valence-corrected chi connectivity index (χ1v) is 10.2. The van der Waals surface area contributed by atoms with Gasteiger partial charge in [0.15, 0.2) is 16.8 Å². The molecular weight excluding hydrogens is 372 g/mol. The summed E-state index contributed by atoms with van der Waals surface area (Å²) in [5.41, 5.74) is 3.82. The molecule has 6 nitrogen and oxygen atoms in total. The summed E-state index contributed by atoms with van der Waals surface area (Å²) >= 11 is 1.43. The molecule has 148 valence electrons. The van der Waals surface area contributed by atoms with Crippen LogP contribution in [0, 0.1) is 13.8 Å². The maximum atomic E-state index is 12.7. The fourth-order valence-corrected chi connectivity index (χ4v) is 4.07. The average Bonchev–Trinajstić information content (AvgIpc) is 3.23. The summed E-state index contributed by atoms with van der Waals surface area (Å²) in [5, 5.41) is 9.49. The number of carbonyl (C=O) groups excluding carboxylic acids is 1. The first kappa shape index (κ1) is 20.2. The molecule has 0 bridgehead atoms. The molecule has 7 heteroatoms. The van der Waals surface area contributed by atoms with Crippen LogP contribution in [-0.2, 0) is 7.05 Å². The summed E-state index contributed by atoms with van der Waals surface area (Å²) in [7, 11) is 3.62. The van der Waals surface area contributed by atoms with Crippen LogP contribution in [0.1, 0.15) is 41.6 Å². The van der Waals surface area contributed by atoms with Crippen molar-refractivity contribution >= 4 is 17.5 Å². The van der Waals surface area contributed by atoms with Crippen LogP contribution in [0.5, 0.6) is 5.75 Å². The summed E-state index contributed by atoms with van der Waals surface area (Å²) in [6, 6.07) is 9.88. The molecule has 2 heterocycles. The van der Waals surface area contributed by atoms with Gasteiger partial charge in [-0.25, -0.2) is 0 Å². The van der Waals surface area contributed by atoms with Gasteiger partial charge in [-0.2, -0.15) is 0 Å². The van der Waals surface area contributed by atoms with Crippen molar-refractivity contribution in [3.8, 4) is 17.1 Å². The Bertz CT molecular complexity index is 987. The summed E-state index contributed by atoms with van der Waals surface area (Å²) in [5.74, 6) is 2.03. The van der Waals surface area contributed by atoms with Gasteiger partial charge in [-0.1, -0.05) is 11.8 Å². The molecule has 2 aromatic heterocycles. The quantitative estimate of drug-likeness (QED) is 0.434. The topological polar surface area (TPSA) is 61.9 Å². The molecule has 0 aliphatic heterocycles. The Labute approximate surface area is 169 Å². The highest BCUT2D eigenvalue weighted by Gasteiger charge is 2.20. The Morgan fingerprint density at radius 1 is 1.18 bits per heavy atom. The maximum absolute atomic E-state index is 12.7. The number of nitrogens with zero attached hydrogens (tertiary/aromatic N) is 4. The van der Waals surface area contributed by atoms with Gasteiger partial charge in [-0.05, 0) is 58.0 Å². The van der Waals surface area contributed by atoms with Gasteiger partial charge in [0.1, 0.15) is 5.75 Å². The summed E-state index contributed by atoms with van der Waals surface area (Å²) in [4.78, 5) is 12.7. The second-order valence-corrected chi connectivity index (χ2v) is 8.00. The van der Waals surface area contributed by atoms with Gasteiger partial charge in [0.05, 0.1) is 12.9 Å². The van der Waals surface area contributed by atoms with Crippen LogP contribution in [0.2, 0.25) is 0 Å². The van der Waals surface area contributed by atoms with Gasteiger partial charge < -0.3 is 9.30 Å². The molecule has 0 radical (unpaired) electrons. The standard InChI is InChI=1S/C21H26N4O2S/c1-13(2)25-20(16-7-9-17(27-6)10-8-16)22-23-21(25)28-12-19(26)18-11-14(3)24(5)15(18)4/h7-11,13H,12H2,1-6H3. The van der Waals surface area contributed by atoms with Gasteiger partial charge in [0, 0.05) is 35.6 Å². The van der Waals surface area contributed by atoms with Gasteiger partial charge in [0.2, 0.25) is 0 Å². The highest BCUT2D eigenvalue weighted by atomic mass is 32.2. The van der Waals surface area contributed by atoms with Crippen molar-refractivity contribution < 1.29 is 9.53 Å². The van der Waals surface area contributed by atoms with Crippen molar-refractivity contribution in [2.24, 2.45) is 7.05 Å². The summed E-state index contributed by atoms with van der Waals surface area (Å²) in [6.45, 7) is 8.16. The van der Waals surface area contributed by atoms with Crippen LogP contribution in [0.25, 0.3) is 11.4 Å². The Morgan fingerprint density at radius 3 is 2.39 bits per heavy atom. The van der Waals surface area contributed by atoms with Crippen LogP contribution in [0.4, 0.5) is 0 Å². The Hall–Kier alpha value is -2.54. The van der Waals surface area contributed by atoms with Gasteiger partial charge in [-0.15, -0.1) is 10.2 Å². The third-order valence-corrected chi connectivity index (χ3v) is 5.88. The highest BCUT2D eigenvalue weighted by Crippen LogP contribution is 2.29. The van der Waals surface area contributed by atoms with E-state index in [0.29, 0.717) is 5.75 Å². The minimum atomic E-state index is 0.107. The first-order chi connectivity index (χ1) is 13.3. The smallest absolute Gasteiger partial charge is 0.192 e. The molecule has 0 saturated carbocycles. The fourth-order valence-electron chi connectivity index (χ4n) is 3.12. The number of Topliss-reactive ketones (excluding diaryl/α,β-unsaturated/α-hetero) is 1. The molecular formula is C21H26N4O2S. The number of thioether (sulfide) groups is 1. The van der Waals surface area contributed by atoms with Gasteiger partial charge in [0.25, 0.3) is 0 Å². The number of hydrogen-bond acceptors (Lipinski definition) is 5. The van der Waals surface area contributed by atoms with E-state index in [9.17, 15) is 4.79 Å². The molecule has 1 aromatic carbocycles. The van der Waals surface area contributed by atoms with E-state index in [1.165, 1.54) is 11.8 Å². The number of carbonyl (C=O) groups is 1. The number of aromatic nitrogens is 4. The van der Waals surface area contributed by atoms with Gasteiger partial charge >= 0.3 is 0 Å². The summed E-state index contributed by atoms with van der Waals surface area (Å²) < 4.78 is 9.34. The molecule has 0 aliphatic rings. The molecule has 28 heavy (non-hydrogen) atoms. The SMILES string of the molecule is COc1ccc(-c2nnc(SCC(=O)c3cc(C)n(C)c3C)n2C(C)C)cc1. The Kier molecular flexibility index (Phi) is 5.93. The zero-order valence-corrected chi connectivity index (χ0v) is 18.0. The van der Waals surface area contributed by atoms with Crippen molar-refractivity contribution in [1.82, 2.24) is 19.3 Å². The molecule has 0 aliphatic carbocycles. The Morgan fingerprint density at radius 2 is 1.86 bits per heavy atom. The normalized spacial score (nSPS) is 11.2. The van der Waals surface area contributed by atoms with Crippen molar-refractivity contribution in [2.75, 3.05) is 12.9 Å². The van der Waals surface area contributed by atoms with E-state index in [4.69, 9.17) is 4.74 Å². The molecule has 0 amide bonds. The molecule has 0 unspecified atom stereocenters. The largest absolute Gasteiger partial charge is 0.497 e. The van der Waals surface area contributed by atoms with Crippen molar-refractivity contribution in [3.05, 3.63) is 47.3 Å². The van der Waals surface area contributed by atoms with Crippen molar-refractivity contribution in [1.29, 1.82) is 0 Å². The van der Waals surface area contributed by atoms with E-state index in [2.05, 4.69) is 28.6 Å². The van der Waals surface area contributed by atoms with Crippen LogP contribution >= 0.6 is 11.8 Å². The predicted octanol–water partition coefficient (Wildman–Crippen LogP) is 4.46. The Balaban J connectivity index is 1.83. The van der Waals surface area contributed by atoms with Crippen molar-refractivity contribution in [3.63, 3.8) is 0 Å². The molecule has 0 spiro atoms. The number of ether oxygens (including phenoxy) is 1. The monoisotopic (exact) mass is 398 g/mol. The number of benzene rings is 1. The van der Waals surface area contributed by atoms with Crippen LogP contribution in [0.15, 0.2) is 35.5 Å². The van der Waals surface area contributed by atoms with E-state index in [-0.39, 0.29) is 11.8 Å². The summed E-state index contributed by atoms with van der Waals surface area (Å²) in [6.07, 6.45) is 0. The molecule has 0 fully saturated rings. The lowest BCUT2D eigenvalue weighted by molar-refractivity contribution is 0.102. The number of rotatable bonds is 7. The second kappa shape index (κ2) is 8.22. The van der Waals surface area contributed by atoms with E-state index in [1.807, 2.05) is 55.8 Å². The van der Waals surface area contributed by atoms with Gasteiger partial charge in [-0.3, -0.25) is 9.36 Å². The molecule has 0 atom stereocenters. The van der Waals surface area contributed by atoms with Crippen LogP contribution < -0.4 is 4.74 Å². The molecule has 3 aromatic rings. The lowest BCUT2D eigenvalue weighted by Gasteiger charge is -2.14. The average molecular weight is 399 g/mol. The van der Waals surface area contributed by atoms with Crippen LogP contribution in [-0.4, -0.2) is 38.0 Å². The van der Waals surface area contributed by atoms with E-state index in [0.717, 1.165) is 39.2 Å². The van der Waals surface area contributed by atoms with E-state index in [1.54, 1.807) is 7.11 Å². The third-order valence-electron chi connectivity index (χ3n) is 4.94. The lowest BCUT2D eigenvalue weighted by atomic mass is 10.2. The molecule has 0 saturated heterocycles. The zero-order valence-electron chi connectivity index (χ0n) is 17.2. The first-order valence-electron chi connectivity index (χ1n) is 9.21. The number of hydrogen-bond donors (Lipinski definition) is 0. The molecule has 0 N–H and O–H groups in total. The van der Waals surface area contributed by atoms with E-state index >= 15 is 0 Å². The number of aryl methyl sites for hydroxylation is 1. The minimum absolute atomic E-state index is 0.107. The van der Waals surface area contributed by atoms with Crippen molar-refractivity contribution in [2.45, 2.75) is 38.9 Å². The predicted molar refractivity (Wildman–Crippen MR) is 112 cm³/mol. The third kappa shape index (κ3) is 3.85. The second-order valence-electron chi connectivity index (χ2n) is 7.05.